The van der Waals surface area contributed by atoms with Gasteiger partial charge in [0.1, 0.15) is 18.8 Å². The highest BCUT2D eigenvalue weighted by Gasteiger charge is 2.50. The summed E-state index contributed by atoms with van der Waals surface area (Å²) in [7, 11) is 0. The molecule has 1 aliphatic rings. The van der Waals surface area contributed by atoms with Gasteiger partial charge < -0.3 is 39.0 Å². The third-order valence-corrected chi connectivity index (χ3v) is 15.3. The van der Waals surface area contributed by atoms with Gasteiger partial charge in [-0.2, -0.15) is 0 Å². The van der Waals surface area contributed by atoms with E-state index in [1.54, 1.807) is 0 Å². The number of hydrogen-bond donors (Lipinski definition) is 3. The number of unbranched alkanes of at least 4 members (excludes halogenated alkanes) is 32. The highest BCUT2D eigenvalue weighted by atomic mass is 16.7. The van der Waals surface area contributed by atoms with Crippen LogP contribution in [0.3, 0.4) is 0 Å². The smallest absolute Gasteiger partial charge is 0.335 e. The summed E-state index contributed by atoms with van der Waals surface area (Å²) in [5, 5.41) is 31.6. The third kappa shape index (κ3) is 48.0. The van der Waals surface area contributed by atoms with Crippen molar-refractivity contribution in [1.29, 1.82) is 0 Å². The first-order chi connectivity index (χ1) is 40.6. The molecule has 1 fully saturated rings. The standard InChI is InChI=1S/C71H122O12/c1-4-7-10-13-16-19-22-25-28-30-32-34-37-39-42-45-48-51-54-57-63(72)79-60-62(81-64(73)58-55-52-49-46-43-40-36-27-24-21-18-15-12-9-6-3)61-80-71-69(67(76)66(75)68(83-71)70(77)78)82-65(74)59-56-53-50-47-44-41-38-35-33-31-29-26-23-20-17-14-11-8-5-2/h7,10,16,19,25-26,28-29,32,34,39,42,62,66-69,71,75-76H,4-6,8-9,11-15,17-18,20-24,27,30-31,33,35-38,40-41,43-61H2,1-3H3,(H,77,78)/b10-7-,19-16-,28-25-,29-26-,34-32-,42-39-. The SMILES string of the molecule is CC/C=C\C/C=C\C/C=C\C/C=C\C/C=C\CCCCCC(=O)OCC(COC1OC(C(=O)O)C(O)C(O)C1OC(=O)CCCCCCCCCCC/C=C\CCCCCCCC)OC(=O)CCCCCCCCCCCCCCCCC. The van der Waals surface area contributed by atoms with Crippen molar-refractivity contribution in [1.82, 2.24) is 0 Å². The molecule has 3 N–H and O–H groups in total. The zero-order valence-electron chi connectivity index (χ0n) is 52.9. The second kappa shape index (κ2) is 58.5. The molecular weight excluding hydrogens is 1040 g/mol. The number of aliphatic carboxylic acids is 1. The van der Waals surface area contributed by atoms with Gasteiger partial charge in [0.2, 0.25) is 0 Å². The lowest BCUT2D eigenvalue weighted by atomic mass is 9.98. The van der Waals surface area contributed by atoms with Crippen molar-refractivity contribution >= 4 is 23.9 Å². The number of carbonyl (C=O) groups is 4. The molecule has 0 saturated carbocycles. The van der Waals surface area contributed by atoms with E-state index in [1.165, 1.54) is 141 Å². The highest BCUT2D eigenvalue weighted by molar-refractivity contribution is 5.74. The topological polar surface area (TPSA) is 175 Å². The second-order valence-electron chi connectivity index (χ2n) is 23.1. The number of carboxylic acids is 1. The first kappa shape index (κ1) is 77.2. The number of hydrogen-bond acceptors (Lipinski definition) is 11. The van der Waals surface area contributed by atoms with Gasteiger partial charge in [0.15, 0.2) is 24.6 Å². The number of ether oxygens (including phenoxy) is 5. The van der Waals surface area contributed by atoms with Gasteiger partial charge in [0.05, 0.1) is 6.61 Å². The van der Waals surface area contributed by atoms with Crippen LogP contribution in [-0.4, -0.2) is 89.2 Å². The Labute approximate surface area is 506 Å². The van der Waals surface area contributed by atoms with Crippen LogP contribution in [-0.2, 0) is 42.9 Å². The number of carboxylic acid groups (broad SMARTS) is 1. The Balaban J connectivity index is 2.65. The second-order valence-corrected chi connectivity index (χ2v) is 23.1. The minimum atomic E-state index is -1.91. The van der Waals surface area contributed by atoms with Crippen LogP contribution in [0.25, 0.3) is 0 Å². The number of allylic oxidation sites excluding steroid dienone is 12. The van der Waals surface area contributed by atoms with Crippen LogP contribution in [0.2, 0.25) is 0 Å². The summed E-state index contributed by atoms with van der Waals surface area (Å²) < 4.78 is 28.6. The minimum absolute atomic E-state index is 0.0552. The normalized spacial score (nSPS) is 18.0. The van der Waals surface area contributed by atoms with E-state index in [4.69, 9.17) is 23.7 Å². The van der Waals surface area contributed by atoms with Crippen LogP contribution in [0.1, 0.15) is 303 Å². The molecule has 1 aliphatic heterocycles. The van der Waals surface area contributed by atoms with E-state index < -0.39 is 67.3 Å². The Morgan fingerprint density at radius 2 is 0.759 bits per heavy atom. The Kier molecular flexibility index (Phi) is 54.4. The lowest BCUT2D eigenvalue weighted by Gasteiger charge is -2.40. The molecule has 478 valence electrons. The van der Waals surface area contributed by atoms with Crippen molar-refractivity contribution in [3.05, 3.63) is 72.9 Å². The van der Waals surface area contributed by atoms with Gasteiger partial charge in [-0.15, -0.1) is 0 Å². The Bertz CT molecular complexity index is 1720. The molecule has 6 unspecified atom stereocenters. The summed E-state index contributed by atoms with van der Waals surface area (Å²) in [5.41, 5.74) is 0. The van der Waals surface area contributed by atoms with Gasteiger partial charge in [0, 0.05) is 19.3 Å². The van der Waals surface area contributed by atoms with E-state index in [0.29, 0.717) is 19.3 Å². The van der Waals surface area contributed by atoms with Crippen LogP contribution in [0.15, 0.2) is 72.9 Å². The number of rotatable bonds is 58. The summed E-state index contributed by atoms with van der Waals surface area (Å²) in [5.74, 6) is -3.14. The fourth-order valence-corrected chi connectivity index (χ4v) is 10.1. The van der Waals surface area contributed by atoms with Crippen LogP contribution >= 0.6 is 0 Å². The maximum Gasteiger partial charge on any atom is 0.335 e. The first-order valence-electron chi connectivity index (χ1n) is 33.9. The molecule has 6 atom stereocenters. The monoisotopic (exact) mass is 1170 g/mol. The average molecular weight is 1170 g/mol. The Morgan fingerprint density at radius 1 is 0.410 bits per heavy atom. The molecule has 0 spiro atoms. The van der Waals surface area contributed by atoms with Crippen LogP contribution in [0.5, 0.6) is 0 Å². The summed E-state index contributed by atoms with van der Waals surface area (Å²) in [6, 6.07) is 0. The summed E-state index contributed by atoms with van der Waals surface area (Å²) in [6.45, 7) is 5.89. The molecule has 1 rings (SSSR count). The lowest BCUT2D eigenvalue weighted by molar-refractivity contribution is -0.301. The van der Waals surface area contributed by atoms with Gasteiger partial charge in [-0.3, -0.25) is 14.4 Å². The van der Waals surface area contributed by atoms with Gasteiger partial charge in [-0.05, 0) is 89.9 Å². The van der Waals surface area contributed by atoms with E-state index in [0.717, 1.165) is 103 Å². The first-order valence-corrected chi connectivity index (χ1v) is 33.9. The molecule has 0 aromatic carbocycles. The largest absolute Gasteiger partial charge is 0.479 e. The van der Waals surface area contributed by atoms with Crippen molar-refractivity contribution in [2.75, 3.05) is 13.2 Å². The van der Waals surface area contributed by atoms with Crippen molar-refractivity contribution < 1.29 is 58.2 Å². The zero-order valence-corrected chi connectivity index (χ0v) is 52.9. The third-order valence-electron chi connectivity index (χ3n) is 15.3. The van der Waals surface area contributed by atoms with Crippen molar-refractivity contribution in [3.8, 4) is 0 Å². The van der Waals surface area contributed by atoms with Gasteiger partial charge in [-0.25, -0.2) is 4.79 Å². The molecule has 0 aromatic rings. The minimum Gasteiger partial charge on any atom is -0.479 e. The van der Waals surface area contributed by atoms with Gasteiger partial charge in [0.25, 0.3) is 0 Å². The van der Waals surface area contributed by atoms with E-state index >= 15 is 0 Å². The predicted octanol–water partition coefficient (Wildman–Crippen LogP) is 18.5. The fourth-order valence-electron chi connectivity index (χ4n) is 10.1. The van der Waals surface area contributed by atoms with E-state index in [2.05, 4.69) is 93.7 Å². The maximum atomic E-state index is 13.2. The summed E-state index contributed by atoms with van der Waals surface area (Å²) >= 11 is 0. The van der Waals surface area contributed by atoms with E-state index in [9.17, 15) is 34.5 Å². The highest BCUT2D eigenvalue weighted by Crippen LogP contribution is 2.27. The molecule has 0 radical (unpaired) electrons. The number of esters is 3. The number of aliphatic hydroxyl groups is 2. The molecule has 0 amide bonds. The zero-order chi connectivity index (χ0) is 60.3. The molecule has 0 aliphatic carbocycles. The number of carbonyl (C=O) groups excluding carboxylic acids is 3. The van der Waals surface area contributed by atoms with Crippen molar-refractivity contribution in [2.45, 2.75) is 340 Å². The summed E-state index contributed by atoms with van der Waals surface area (Å²) in [4.78, 5) is 51.4. The van der Waals surface area contributed by atoms with E-state index in [1.807, 2.05) is 0 Å². The molecular formula is C71H122O12. The average Bonchev–Trinajstić information content (AvgIpc) is 3.57. The van der Waals surface area contributed by atoms with Crippen LogP contribution in [0, 0.1) is 0 Å². The molecule has 12 nitrogen and oxygen atoms in total. The van der Waals surface area contributed by atoms with Crippen LogP contribution in [0.4, 0.5) is 0 Å². The Hall–Kier alpha value is -3.84. The molecule has 12 heteroatoms. The summed E-state index contributed by atoms with van der Waals surface area (Å²) in [6.07, 6.45) is 62.8. The molecule has 83 heavy (non-hydrogen) atoms. The number of aliphatic hydroxyl groups excluding tert-OH is 2. The van der Waals surface area contributed by atoms with Crippen molar-refractivity contribution in [3.63, 3.8) is 0 Å². The fraction of sp³-hybridized carbons (Fsp3) is 0.775. The van der Waals surface area contributed by atoms with Gasteiger partial charge >= 0.3 is 23.9 Å². The van der Waals surface area contributed by atoms with Gasteiger partial charge in [-0.1, -0.05) is 267 Å². The van der Waals surface area contributed by atoms with Crippen LogP contribution < -0.4 is 0 Å². The molecule has 0 bridgehead atoms. The Morgan fingerprint density at radius 3 is 1.18 bits per heavy atom. The predicted molar refractivity (Wildman–Crippen MR) is 340 cm³/mol. The molecule has 1 heterocycles. The quantitative estimate of drug-likeness (QED) is 0.0228. The molecule has 0 aromatic heterocycles. The van der Waals surface area contributed by atoms with E-state index in [-0.39, 0.29) is 25.9 Å². The lowest BCUT2D eigenvalue weighted by Crippen LogP contribution is -2.61. The molecule has 1 saturated heterocycles. The van der Waals surface area contributed by atoms with Crippen molar-refractivity contribution in [2.24, 2.45) is 0 Å². The maximum absolute atomic E-state index is 13.2.